The van der Waals surface area contributed by atoms with Gasteiger partial charge in [-0.25, -0.2) is 4.39 Å². The van der Waals surface area contributed by atoms with Gasteiger partial charge in [-0.05, 0) is 23.8 Å². The second-order valence-corrected chi connectivity index (χ2v) is 4.86. The molecule has 0 bridgehead atoms. The molecule has 1 aromatic carbocycles. The lowest BCUT2D eigenvalue weighted by Crippen LogP contribution is -2.31. The van der Waals surface area contributed by atoms with Crippen LogP contribution in [0.4, 0.5) is 4.39 Å². The van der Waals surface area contributed by atoms with Gasteiger partial charge in [0.2, 0.25) is 0 Å². The zero-order valence-corrected chi connectivity index (χ0v) is 9.76. The normalized spacial score (nSPS) is 25.8. The molecule has 4 heteroatoms. The summed E-state index contributed by atoms with van der Waals surface area (Å²) >= 11 is 3.28. The molecule has 1 fully saturated rings. The summed E-state index contributed by atoms with van der Waals surface area (Å²) < 4.78 is 19.4. The lowest BCUT2D eigenvalue weighted by molar-refractivity contribution is 0.0264. The van der Waals surface area contributed by atoms with Crippen molar-refractivity contribution in [2.24, 2.45) is 0 Å². The van der Waals surface area contributed by atoms with Crippen molar-refractivity contribution in [3.8, 4) is 0 Å². The lowest BCUT2D eigenvalue weighted by Gasteiger charge is -2.20. The molecule has 1 unspecified atom stereocenters. The van der Waals surface area contributed by atoms with Crippen LogP contribution in [-0.4, -0.2) is 23.9 Å². The van der Waals surface area contributed by atoms with Gasteiger partial charge in [-0.1, -0.05) is 15.9 Å². The van der Waals surface area contributed by atoms with E-state index in [4.69, 9.17) is 4.74 Å². The van der Waals surface area contributed by atoms with Gasteiger partial charge in [-0.2, -0.15) is 0 Å². The average molecular weight is 275 g/mol. The Balaban J connectivity index is 2.19. The molecule has 1 atom stereocenters. The zero-order valence-electron chi connectivity index (χ0n) is 8.17. The lowest BCUT2D eigenvalue weighted by atomic mass is 9.94. The molecule has 1 N–H and O–H groups in total. The maximum Gasteiger partial charge on any atom is 0.126 e. The molecule has 1 heterocycles. The number of hydrogen-bond acceptors (Lipinski definition) is 2. The SMILES string of the molecule is OC1(Cc2cc(Br)ccc2F)CCOC1. The van der Waals surface area contributed by atoms with Crippen LogP contribution in [0.1, 0.15) is 12.0 Å². The van der Waals surface area contributed by atoms with E-state index in [2.05, 4.69) is 15.9 Å². The quantitative estimate of drug-likeness (QED) is 0.897. The fraction of sp³-hybridized carbons (Fsp3) is 0.455. The molecule has 15 heavy (non-hydrogen) atoms. The minimum Gasteiger partial charge on any atom is -0.387 e. The van der Waals surface area contributed by atoms with Crippen LogP contribution in [0, 0.1) is 5.82 Å². The van der Waals surface area contributed by atoms with Gasteiger partial charge in [0.05, 0.1) is 12.2 Å². The van der Waals surface area contributed by atoms with E-state index in [0.717, 1.165) is 4.47 Å². The Morgan fingerprint density at radius 2 is 2.33 bits per heavy atom. The molecular weight excluding hydrogens is 263 g/mol. The molecular formula is C11H12BrFO2. The molecule has 2 nitrogen and oxygen atoms in total. The Bertz CT molecular complexity index is 362. The molecule has 82 valence electrons. The fourth-order valence-electron chi connectivity index (χ4n) is 1.77. The molecule has 0 radical (unpaired) electrons. The van der Waals surface area contributed by atoms with Gasteiger partial charge >= 0.3 is 0 Å². The van der Waals surface area contributed by atoms with Gasteiger partial charge < -0.3 is 9.84 Å². The van der Waals surface area contributed by atoms with E-state index in [1.54, 1.807) is 12.1 Å². The number of hydrogen-bond donors (Lipinski definition) is 1. The van der Waals surface area contributed by atoms with Gasteiger partial charge in [0, 0.05) is 23.9 Å². The Hall–Kier alpha value is -0.450. The zero-order chi connectivity index (χ0) is 10.9. The van der Waals surface area contributed by atoms with Crippen LogP contribution in [0.2, 0.25) is 0 Å². The summed E-state index contributed by atoms with van der Waals surface area (Å²) in [6.45, 7) is 0.838. The Morgan fingerprint density at radius 1 is 1.53 bits per heavy atom. The van der Waals surface area contributed by atoms with Crippen molar-refractivity contribution in [1.29, 1.82) is 0 Å². The molecule has 0 saturated carbocycles. The van der Waals surface area contributed by atoms with Crippen molar-refractivity contribution in [2.75, 3.05) is 13.2 Å². The van der Waals surface area contributed by atoms with Crippen molar-refractivity contribution in [1.82, 2.24) is 0 Å². The highest BCUT2D eigenvalue weighted by atomic mass is 79.9. The van der Waals surface area contributed by atoms with Crippen LogP contribution in [-0.2, 0) is 11.2 Å². The fourth-order valence-corrected chi connectivity index (χ4v) is 2.18. The first-order valence-corrected chi connectivity index (χ1v) is 5.62. The third kappa shape index (κ3) is 2.56. The molecule has 1 aromatic rings. The molecule has 1 saturated heterocycles. The summed E-state index contributed by atoms with van der Waals surface area (Å²) in [6, 6.07) is 4.75. The Labute approximate surface area is 96.2 Å². The minimum absolute atomic E-state index is 0.279. The van der Waals surface area contributed by atoms with Crippen LogP contribution < -0.4 is 0 Å². The largest absolute Gasteiger partial charge is 0.387 e. The Morgan fingerprint density at radius 3 is 3.00 bits per heavy atom. The maximum atomic E-state index is 13.4. The van der Waals surface area contributed by atoms with E-state index in [9.17, 15) is 9.50 Å². The van der Waals surface area contributed by atoms with Gasteiger partial charge in [0.1, 0.15) is 5.82 Å². The summed E-state index contributed by atoms with van der Waals surface area (Å²) in [7, 11) is 0. The van der Waals surface area contributed by atoms with E-state index < -0.39 is 5.60 Å². The molecule has 2 rings (SSSR count). The van der Waals surface area contributed by atoms with Gasteiger partial charge in [-0.3, -0.25) is 0 Å². The molecule has 0 aliphatic carbocycles. The van der Waals surface area contributed by atoms with Crippen molar-refractivity contribution in [2.45, 2.75) is 18.4 Å². The topological polar surface area (TPSA) is 29.5 Å². The smallest absolute Gasteiger partial charge is 0.126 e. The number of ether oxygens (including phenoxy) is 1. The Kier molecular flexibility index (Phi) is 3.09. The summed E-state index contributed by atoms with van der Waals surface area (Å²) in [4.78, 5) is 0. The monoisotopic (exact) mass is 274 g/mol. The average Bonchev–Trinajstić information content (AvgIpc) is 2.59. The second-order valence-electron chi connectivity index (χ2n) is 3.94. The van der Waals surface area contributed by atoms with Crippen LogP contribution in [0.3, 0.4) is 0 Å². The molecule has 1 aliphatic heterocycles. The third-order valence-electron chi connectivity index (χ3n) is 2.61. The van der Waals surface area contributed by atoms with E-state index in [-0.39, 0.29) is 5.82 Å². The first-order valence-electron chi connectivity index (χ1n) is 4.83. The summed E-state index contributed by atoms with van der Waals surface area (Å²) in [5, 5.41) is 10.1. The number of benzene rings is 1. The van der Waals surface area contributed by atoms with Gasteiger partial charge in [-0.15, -0.1) is 0 Å². The molecule has 0 aromatic heterocycles. The molecule has 0 amide bonds. The number of aliphatic hydroxyl groups is 1. The number of halogens is 2. The van der Waals surface area contributed by atoms with Gasteiger partial charge in [0.25, 0.3) is 0 Å². The van der Waals surface area contributed by atoms with Crippen molar-refractivity contribution in [3.05, 3.63) is 34.1 Å². The first-order chi connectivity index (χ1) is 7.09. The summed E-state index contributed by atoms with van der Waals surface area (Å²) in [5.74, 6) is -0.279. The predicted octanol–water partition coefficient (Wildman–Crippen LogP) is 2.28. The highest BCUT2D eigenvalue weighted by Crippen LogP contribution is 2.26. The van der Waals surface area contributed by atoms with E-state index >= 15 is 0 Å². The molecule has 1 aliphatic rings. The first kappa shape index (κ1) is 11.0. The predicted molar refractivity (Wildman–Crippen MR) is 58.2 cm³/mol. The highest BCUT2D eigenvalue weighted by Gasteiger charge is 2.33. The summed E-state index contributed by atoms with van der Waals surface area (Å²) in [6.07, 6.45) is 0.872. The van der Waals surface area contributed by atoms with Crippen LogP contribution in [0.15, 0.2) is 22.7 Å². The number of rotatable bonds is 2. The van der Waals surface area contributed by atoms with Crippen molar-refractivity contribution < 1.29 is 14.2 Å². The van der Waals surface area contributed by atoms with Gasteiger partial charge in [0.15, 0.2) is 0 Å². The van der Waals surface area contributed by atoms with Crippen LogP contribution in [0.25, 0.3) is 0 Å². The van der Waals surface area contributed by atoms with Crippen LogP contribution in [0.5, 0.6) is 0 Å². The highest BCUT2D eigenvalue weighted by molar-refractivity contribution is 9.10. The van der Waals surface area contributed by atoms with E-state index in [1.807, 2.05) is 0 Å². The molecule has 0 spiro atoms. The minimum atomic E-state index is -0.901. The van der Waals surface area contributed by atoms with Crippen molar-refractivity contribution >= 4 is 15.9 Å². The van der Waals surface area contributed by atoms with E-state index in [0.29, 0.717) is 31.6 Å². The standard InChI is InChI=1S/C11H12BrFO2/c12-9-1-2-10(13)8(5-9)6-11(14)3-4-15-7-11/h1-2,5,14H,3-4,6-7H2. The second kappa shape index (κ2) is 4.20. The van der Waals surface area contributed by atoms with E-state index in [1.165, 1.54) is 6.07 Å². The maximum absolute atomic E-state index is 13.4. The van der Waals surface area contributed by atoms with Crippen molar-refractivity contribution in [3.63, 3.8) is 0 Å². The third-order valence-corrected chi connectivity index (χ3v) is 3.10. The van der Waals surface area contributed by atoms with Crippen LogP contribution >= 0.6 is 15.9 Å². The summed E-state index contributed by atoms with van der Waals surface area (Å²) in [5.41, 5.74) is -0.376.